The molecular formula is C34H42N2OSi2. The fourth-order valence-electron chi connectivity index (χ4n) is 5.33. The molecule has 0 aliphatic heterocycles. The molecule has 2 aromatic carbocycles. The molecule has 5 heteroatoms. The van der Waals surface area contributed by atoms with Crippen LogP contribution in [-0.2, 0) is 10.8 Å². The van der Waals surface area contributed by atoms with Crippen molar-refractivity contribution in [1.29, 1.82) is 0 Å². The van der Waals surface area contributed by atoms with Gasteiger partial charge in [0.2, 0.25) is 0 Å². The van der Waals surface area contributed by atoms with E-state index in [9.17, 15) is 0 Å². The lowest BCUT2D eigenvalue weighted by Crippen LogP contribution is -2.54. The summed E-state index contributed by atoms with van der Waals surface area (Å²) in [5.41, 5.74) is 4.76. The molecule has 0 amide bonds. The molecule has 0 saturated heterocycles. The first kappa shape index (κ1) is 27.5. The van der Waals surface area contributed by atoms with Crippen LogP contribution in [-0.4, -0.2) is 26.1 Å². The number of aromatic nitrogens is 2. The van der Waals surface area contributed by atoms with Crippen molar-refractivity contribution in [3.63, 3.8) is 0 Å². The van der Waals surface area contributed by atoms with Crippen LogP contribution in [0.1, 0.15) is 52.7 Å². The van der Waals surface area contributed by atoms with Crippen LogP contribution < -0.4 is 21.0 Å². The summed E-state index contributed by atoms with van der Waals surface area (Å²) in [4.78, 5) is 9.74. The van der Waals surface area contributed by atoms with Gasteiger partial charge in [-0.05, 0) is 58.4 Å². The Labute approximate surface area is 235 Å². The zero-order valence-electron chi connectivity index (χ0n) is 25.2. The zero-order valence-corrected chi connectivity index (χ0v) is 27.2. The first-order valence-corrected chi connectivity index (χ1v) is 20.0. The second-order valence-corrected chi connectivity index (χ2v) is 22.8. The van der Waals surface area contributed by atoms with E-state index >= 15 is 0 Å². The van der Waals surface area contributed by atoms with Gasteiger partial charge in [-0.2, -0.15) is 0 Å². The predicted molar refractivity (Wildman–Crippen MR) is 173 cm³/mol. The molecule has 0 radical (unpaired) electrons. The Balaban J connectivity index is 1.61. The third kappa shape index (κ3) is 5.03. The van der Waals surface area contributed by atoms with E-state index in [1.807, 2.05) is 12.4 Å². The molecule has 0 aliphatic rings. The van der Waals surface area contributed by atoms with Crippen molar-refractivity contribution in [2.75, 3.05) is 0 Å². The fourth-order valence-corrected chi connectivity index (χ4v) is 9.76. The quantitative estimate of drug-likeness (QED) is 0.236. The lowest BCUT2D eigenvalue weighted by molar-refractivity contribution is 0.589. The highest BCUT2D eigenvalue weighted by Crippen LogP contribution is 2.29. The summed E-state index contributed by atoms with van der Waals surface area (Å²) in [7, 11) is -4.05. The zero-order chi connectivity index (χ0) is 28.4. The van der Waals surface area contributed by atoms with Crippen molar-refractivity contribution < 1.29 is 4.42 Å². The Morgan fingerprint density at radius 3 is 1.28 bits per heavy atom. The number of hydrogen-bond acceptors (Lipinski definition) is 3. The van der Waals surface area contributed by atoms with E-state index in [2.05, 4.69) is 128 Å². The molecule has 5 aromatic rings. The summed E-state index contributed by atoms with van der Waals surface area (Å²) in [6.45, 7) is 23.2. The first-order chi connectivity index (χ1) is 18.1. The Hall–Kier alpha value is -3.03. The SMILES string of the molecule is CC(C)(C)c1ccnc([Si](C)(C)c2ccc3oc4ccc([Si](C)(C)c5cc(C(C)(C)C)ccn5)cc4c3c2)c1. The van der Waals surface area contributed by atoms with Gasteiger partial charge >= 0.3 is 0 Å². The van der Waals surface area contributed by atoms with Gasteiger partial charge in [0, 0.05) is 33.8 Å². The van der Waals surface area contributed by atoms with Gasteiger partial charge in [0.25, 0.3) is 0 Å². The van der Waals surface area contributed by atoms with Gasteiger partial charge in [-0.1, -0.05) is 102 Å². The second-order valence-electron chi connectivity index (χ2n) is 14.1. The molecule has 202 valence electrons. The number of benzene rings is 2. The Bertz CT molecular complexity index is 1560. The molecule has 39 heavy (non-hydrogen) atoms. The van der Waals surface area contributed by atoms with E-state index in [-0.39, 0.29) is 10.8 Å². The van der Waals surface area contributed by atoms with Crippen molar-refractivity contribution in [3.05, 3.63) is 84.2 Å². The van der Waals surface area contributed by atoms with Crippen LogP contribution in [0.2, 0.25) is 26.2 Å². The molecule has 5 rings (SSSR count). The molecule has 0 saturated carbocycles. The molecular weight excluding hydrogens is 509 g/mol. The van der Waals surface area contributed by atoms with Crippen molar-refractivity contribution in [2.24, 2.45) is 0 Å². The Morgan fingerprint density at radius 2 is 0.923 bits per heavy atom. The minimum atomic E-state index is -2.02. The van der Waals surface area contributed by atoms with E-state index in [1.54, 1.807) is 0 Å². The minimum absolute atomic E-state index is 0.0984. The Kier molecular flexibility index (Phi) is 6.55. The van der Waals surface area contributed by atoms with Gasteiger partial charge in [0.1, 0.15) is 27.3 Å². The van der Waals surface area contributed by atoms with E-state index in [0.717, 1.165) is 11.2 Å². The molecule has 0 unspecified atom stereocenters. The average Bonchev–Trinajstić information content (AvgIpc) is 3.25. The van der Waals surface area contributed by atoms with Crippen LogP contribution >= 0.6 is 0 Å². The van der Waals surface area contributed by atoms with Crippen LogP contribution in [0.15, 0.2) is 77.5 Å². The van der Waals surface area contributed by atoms with Gasteiger partial charge in [0.15, 0.2) is 0 Å². The molecule has 3 heterocycles. The van der Waals surface area contributed by atoms with Crippen LogP contribution in [0.5, 0.6) is 0 Å². The van der Waals surface area contributed by atoms with Gasteiger partial charge < -0.3 is 4.42 Å². The van der Waals surface area contributed by atoms with Crippen molar-refractivity contribution >= 4 is 59.1 Å². The summed E-state index contributed by atoms with van der Waals surface area (Å²) >= 11 is 0. The van der Waals surface area contributed by atoms with Gasteiger partial charge in [-0.3, -0.25) is 9.97 Å². The third-order valence-corrected chi connectivity index (χ3v) is 15.1. The monoisotopic (exact) mass is 550 g/mol. The van der Waals surface area contributed by atoms with Crippen molar-refractivity contribution in [3.8, 4) is 0 Å². The molecule has 0 aliphatic carbocycles. The number of hydrogen-bond donors (Lipinski definition) is 0. The number of nitrogens with zero attached hydrogens (tertiary/aromatic N) is 2. The molecule has 0 atom stereocenters. The molecule has 3 nitrogen and oxygen atoms in total. The van der Waals surface area contributed by atoms with E-state index < -0.39 is 16.1 Å². The standard InChI is InChI=1S/C34H42N2OSi2/c1-33(2,3)23-15-17-35-31(19-23)38(7,8)25-11-13-29-27(21-25)28-22-26(12-14-30(28)37-29)39(9,10)32-20-24(16-18-36-32)34(4,5)6/h11-22H,1-10H3. The lowest BCUT2D eigenvalue weighted by Gasteiger charge is -2.26. The van der Waals surface area contributed by atoms with E-state index in [0.29, 0.717) is 0 Å². The first-order valence-electron chi connectivity index (χ1n) is 14.0. The molecule has 0 fully saturated rings. The summed E-state index contributed by atoms with van der Waals surface area (Å²) in [5.74, 6) is 0. The van der Waals surface area contributed by atoms with Crippen LogP contribution in [0, 0.1) is 0 Å². The maximum absolute atomic E-state index is 6.33. The number of fused-ring (bicyclic) bond motifs is 3. The highest BCUT2D eigenvalue weighted by molar-refractivity contribution is 7.00. The maximum Gasteiger partial charge on any atom is 0.135 e. The highest BCUT2D eigenvalue weighted by atomic mass is 28.3. The van der Waals surface area contributed by atoms with Crippen LogP contribution in [0.4, 0.5) is 0 Å². The molecule has 0 spiro atoms. The topological polar surface area (TPSA) is 38.9 Å². The summed E-state index contributed by atoms with van der Waals surface area (Å²) in [6.07, 6.45) is 3.97. The second kappa shape index (κ2) is 9.27. The average molecular weight is 551 g/mol. The fraction of sp³-hybridized carbons (Fsp3) is 0.353. The van der Waals surface area contributed by atoms with Crippen LogP contribution in [0.25, 0.3) is 21.9 Å². The molecule has 3 aromatic heterocycles. The summed E-state index contributed by atoms with van der Waals surface area (Å²) in [6, 6.07) is 22.5. The van der Waals surface area contributed by atoms with Gasteiger partial charge in [-0.25, -0.2) is 0 Å². The van der Waals surface area contributed by atoms with Gasteiger partial charge in [-0.15, -0.1) is 0 Å². The highest BCUT2D eigenvalue weighted by Gasteiger charge is 2.32. The lowest BCUT2D eigenvalue weighted by atomic mass is 9.88. The summed E-state index contributed by atoms with van der Waals surface area (Å²) < 4.78 is 6.33. The number of pyridine rings is 2. The van der Waals surface area contributed by atoms with Crippen molar-refractivity contribution in [2.45, 2.75) is 78.6 Å². The van der Waals surface area contributed by atoms with E-state index in [4.69, 9.17) is 14.4 Å². The largest absolute Gasteiger partial charge is 0.456 e. The summed E-state index contributed by atoms with van der Waals surface area (Å²) in [5, 5.41) is 7.58. The van der Waals surface area contributed by atoms with E-state index in [1.165, 1.54) is 42.9 Å². The predicted octanol–water partition coefficient (Wildman–Crippen LogP) is 6.62. The van der Waals surface area contributed by atoms with Crippen LogP contribution in [0.3, 0.4) is 0 Å². The smallest absolute Gasteiger partial charge is 0.135 e. The maximum atomic E-state index is 6.33. The molecule has 0 bridgehead atoms. The van der Waals surface area contributed by atoms with Crippen molar-refractivity contribution in [1.82, 2.24) is 9.97 Å². The van der Waals surface area contributed by atoms with Gasteiger partial charge in [0.05, 0.1) is 0 Å². The number of furan rings is 1. The molecule has 0 N–H and O–H groups in total. The normalized spacial score (nSPS) is 13.4. The number of rotatable bonds is 4. The Morgan fingerprint density at radius 1 is 0.538 bits per heavy atom. The third-order valence-electron chi connectivity index (χ3n) is 8.45. The minimum Gasteiger partial charge on any atom is -0.456 e.